The van der Waals surface area contributed by atoms with Crippen LogP contribution in [0.5, 0.6) is 0 Å². The number of nitrogens with two attached hydrogens (primary N) is 1. The third kappa shape index (κ3) is 2.48. The van der Waals surface area contributed by atoms with E-state index in [0.29, 0.717) is 12.1 Å². The fourth-order valence-corrected chi connectivity index (χ4v) is 2.65. The molecular weight excluding hydrogens is 288 g/mol. The Kier molecular flexibility index (Phi) is 3.67. The predicted molar refractivity (Wildman–Crippen MR) is 78.0 cm³/mol. The number of aromatic amines is 1. The molecule has 3 rings (SSSR count). The Hall–Kier alpha value is -2.62. The Morgan fingerprint density at radius 3 is 3.18 bits per heavy atom. The first kappa shape index (κ1) is 14.3. The fourth-order valence-electron chi connectivity index (χ4n) is 2.65. The molecule has 10 nitrogen and oxygen atoms in total. The molecule has 1 saturated heterocycles. The molecule has 0 radical (unpaired) electrons. The summed E-state index contributed by atoms with van der Waals surface area (Å²) in [5.74, 6) is 0.0330. The summed E-state index contributed by atoms with van der Waals surface area (Å²) in [6.07, 6.45) is 4.27. The van der Waals surface area contributed by atoms with Crippen LogP contribution < -0.4 is 11.3 Å². The molecule has 22 heavy (non-hydrogen) atoms. The van der Waals surface area contributed by atoms with E-state index in [0.717, 1.165) is 19.1 Å². The summed E-state index contributed by atoms with van der Waals surface area (Å²) in [6, 6.07) is -0.458. The number of rotatable bonds is 5. The number of H-pyrrole nitrogens is 1. The van der Waals surface area contributed by atoms with Crippen molar-refractivity contribution in [3.63, 3.8) is 0 Å². The highest BCUT2D eigenvalue weighted by atomic mass is 16.5. The van der Waals surface area contributed by atoms with Crippen LogP contribution in [0.1, 0.15) is 25.5 Å². The molecule has 1 aliphatic rings. The maximum Gasteiger partial charge on any atom is 0.280 e. The van der Waals surface area contributed by atoms with Gasteiger partial charge in [-0.1, -0.05) is 0 Å². The molecule has 2 aromatic rings. The number of hydrogen-bond donors (Lipinski definition) is 4. The molecule has 0 aromatic carbocycles. The van der Waals surface area contributed by atoms with Gasteiger partial charge in [0, 0.05) is 12.6 Å². The Balaban J connectivity index is 1.83. The summed E-state index contributed by atoms with van der Waals surface area (Å²) < 4.78 is 7.60. The van der Waals surface area contributed by atoms with Gasteiger partial charge < -0.3 is 15.9 Å². The van der Waals surface area contributed by atoms with E-state index < -0.39 is 6.04 Å². The predicted octanol–water partition coefficient (Wildman–Crippen LogP) is 0.819. The zero-order valence-electron chi connectivity index (χ0n) is 11.7. The second-order valence-electron chi connectivity index (χ2n) is 5.16. The molecule has 0 spiro atoms. The first-order valence-corrected chi connectivity index (χ1v) is 6.87. The zero-order chi connectivity index (χ0) is 15.7. The smallest absolute Gasteiger partial charge is 0.280 e. The minimum absolute atomic E-state index is 0.0330. The van der Waals surface area contributed by atoms with Crippen LogP contribution in [-0.2, 0) is 4.74 Å². The number of nitrogen functional groups attached to an aromatic ring is 1. The molecule has 1 fully saturated rings. The SMILES string of the molecule is N=CC(CC1CCC(n2cnc3c(=O)[nH]c(N)nc32)O1)N=N. The standard InChI is InChI=1S/C12H16N8O2/c13-4-6(19-15)3-7-1-2-8(22-7)20-5-16-9-10(20)17-12(14)18-11(9)21/h4-8,13,15H,1-3H2,(H3,14,17,18,21). The van der Waals surface area contributed by atoms with Gasteiger partial charge in [0.1, 0.15) is 12.3 Å². The lowest BCUT2D eigenvalue weighted by Gasteiger charge is -2.16. The van der Waals surface area contributed by atoms with Crippen molar-refractivity contribution in [2.45, 2.75) is 37.6 Å². The third-order valence-electron chi connectivity index (χ3n) is 3.71. The van der Waals surface area contributed by atoms with Gasteiger partial charge in [-0.25, -0.2) is 10.5 Å². The third-order valence-corrected chi connectivity index (χ3v) is 3.71. The lowest BCUT2D eigenvalue weighted by molar-refractivity contribution is 0.0000743. The van der Waals surface area contributed by atoms with Crippen molar-refractivity contribution < 1.29 is 4.74 Å². The van der Waals surface area contributed by atoms with Crippen molar-refractivity contribution in [1.29, 1.82) is 10.9 Å². The Labute approximate surface area is 124 Å². The van der Waals surface area contributed by atoms with Gasteiger partial charge in [0.15, 0.2) is 11.2 Å². The monoisotopic (exact) mass is 304 g/mol. The number of imidazole rings is 1. The first-order chi connectivity index (χ1) is 10.6. The van der Waals surface area contributed by atoms with Crippen molar-refractivity contribution in [3.8, 4) is 0 Å². The van der Waals surface area contributed by atoms with Crippen molar-refractivity contribution >= 4 is 23.3 Å². The molecule has 0 amide bonds. The highest BCUT2D eigenvalue weighted by molar-refractivity contribution is 5.70. The molecule has 2 aromatic heterocycles. The molecule has 0 saturated carbocycles. The van der Waals surface area contributed by atoms with E-state index in [1.807, 2.05) is 0 Å². The van der Waals surface area contributed by atoms with E-state index in [9.17, 15) is 4.79 Å². The van der Waals surface area contributed by atoms with Gasteiger partial charge in [0.25, 0.3) is 5.56 Å². The first-order valence-electron chi connectivity index (χ1n) is 6.87. The number of anilines is 1. The highest BCUT2D eigenvalue weighted by Crippen LogP contribution is 2.32. The number of ether oxygens (including phenoxy) is 1. The summed E-state index contributed by atoms with van der Waals surface area (Å²) in [6.45, 7) is 0. The van der Waals surface area contributed by atoms with E-state index in [-0.39, 0.29) is 29.4 Å². The van der Waals surface area contributed by atoms with Gasteiger partial charge in [-0.05, 0) is 12.8 Å². The molecule has 1 aliphatic heterocycles. The minimum Gasteiger partial charge on any atom is -0.369 e. The van der Waals surface area contributed by atoms with E-state index in [4.69, 9.17) is 21.4 Å². The number of fused-ring (bicyclic) bond motifs is 1. The van der Waals surface area contributed by atoms with Crippen molar-refractivity contribution in [2.75, 3.05) is 5.73 Å². The number of hydrogen-bond acceptors (Lipinski definition) is 8. The number of nitrogens with one attached hydrogen (secondary N) is 3. The molecule has 3 atom stereocenters. The molecule has 5 N–H and O–H groups in total. The van der Waals surface area contributed by atoms with Gasteiger partial charge in [-0.3, -0.25) is 14.3 Å². The Morgan fingerprint density at radius 2 is 2.45 bits per heavy atom. The van der Waals surface area contributed by atoms with E-state index in [2.05, 4.69) is 20.1 Å². The molecule has 3 heterocycles. The summed E-state index contributed by atoms with van der Waals surface area (Å²) in [7, 11) is 0. The van der Waals surface area contributed by atoms with Gasteiger partial charge >= 0.3 is 0 Å². The second-order valence-corrected chi connectivity index (χ2v) is 5.16. The normalized spacial score (nSPS) is 22.7. The van der Waals surface area contributed by atoms with Crippen molar-refractivity contribution in [1.82, 2.24) is 19.5 Å². The highest BCUT2D eigenvalue weighted by Gasteiger charge is 2.29. The zero-order valence-corrected chi connectivity index (χ0v) is 11.7. The average Bonchev–Trinajstić information content (AvgIpc) is 3.11. The van der Waals surface area contributed by atoms with E-state index >= 15 is 0 Å². The number of nitrogens with zero attached hydrogens (tertiary/aromatic N) is 4. The van der Waals surface area contributed by atoms with Crippen LogP contribution in [0.2, 0.25) is 0 Å². The Morgan fingerprint density at radius 1 is 1.64 bits per heavy atom. The Bertz CT molecular complexity index is 758. The van der Waals surface area contributed by atoms with E-state index in [1.165, 1.54) is 6.33 Å². The maximum atomic E-state index is 11.8. The summed E-state index contributed by atoms with van der Waals surface area (Å²) >= 11 is 0. The van der Waals surface area contributed by atoms with Crippen LogP contribution >= 0.6 is 0 Å². The molecule has 3 unspecified atom stereocenters. The van der Waals surface area contributed by atoms with Gasteiger partial charge in [-0.2, -0.15) is 10.1 Å². The molecule has 10 heteroatoms. The lowest BCUT2D eigenvalue weighted by Crippen LogP contribution is -2.18. The largest absolute Gasteiger partial charge is 0.369 e. The van der Waals surface area contributed by atoms with Crippen molar-refractivity contribution in [2.24, 2.45) is 5.11 Å². The quantitative estimate of drug-likeness (QED) is 0.474. The maximum absolute atomic E-state index is 11.8. The number of aromatic nitrogens is 4. The van der Waals surface area contributed by atoms with Crippen LogP contribution in [0, 0.1) is 10.9 Å². The molecule has 116 valence electrons. The van der Waals surface area contributed by atoms with Crippen LogP contribution in [0.3, 0.4) is 0 Å². The fraction of sp³-hybridized carbons (Fsp3) is 0.500. The molecule has 0 bridgehead atoms. The van der Waals surface area contributed by atoms with E-state index in [1.54, 1.807) is 4.57 Å². The molecular formula is C12H16N8O2. The summed E-state index contributed by atoms with van der Waals surface area (Å²) in [4.78, 5) is 22.3. The van der Waals surface area contributed by atoms with Gasteiger partial charge in [-0.15, -0.1) is 0 Å². The van der Waals surface area contributed by atoms with Gasteiger partial charge in [0.2, 0.25) is 5.95 Å². The van der Waals surface area contributed by atoms with Crippen LogP contribution in [0.4, 0.5) is 5.95 Å². The molecule has 0 aliphatic carbocycles. The lowest BCUT2D eigenvalue weighted by atomic mass is 10.1. The topological polar surface area (TPSA) is 159 Å². The summed E-state index contributed by atoms with van der Waals surface area (Å²) in [5, 5.41) is 10.6. The summed E-state index contributed by atoms with van der Waals surface area (Å²) in [5.41, 5.74) is 12.8. The van der Waals surface area contributed by atoms with Crippen LogP contribution in [-0.4, -0.2) is 37.9 Å². The van der Waals surface area contributed by atoms with Gasteiger partial charge in [0.05, 0.1) is 12.4 Å². The van der Waals surface area contributed by atoms with Crippen LogP contribution in [0.25, 0.3) is 11.2 Å². The van der Waals surface area contributed by atoms with Crippen molar-refractivity contribution in [3.05, 3.63) is 16.7 Å². The minimum atomic E-state index is -0.458. The average molecular weight is 304 g/mol. The second kappa shape index (κ2) is 5.64. The van der Waals surface area contributed by atoms with Crippen LogP contribution in [0.15, 0.2) is 16.2 Å².